The van der Waals surface area contributed by atoms with Crippen molar-refractivity contribution < 1.29 is 109 Å². The molecule has 60 heavy (non-hydrogen) atoms. The number of phenolic OH excluding ortho intramolecular Hbond substituents is 3. The molecule has 0 aromatic heterocycles. The third kappa shape index (κ3) is 10.5. The van der Waals surface area contributed by atoms with Crippen LogP contribution in [0.25, 0.3) is 12.2 Å². The zero-order valence-corrected chi connectivity index (χ0v) is 31.1. The smallest absolute Gasteiger partial charge is 0.338 e. The van der Waals surface area contributed by atoms with Crippen molar-refractivity contribution in [2.75, 3.05) is 6.61 Å². The number of rotatable bonds is 12. The predicted molar refractivity (Wildman–Crippen MR) is 194 cm³/mol. The molecule has 13 N–H and O–H groups in total. The van der Waals surface area contributed by atoms with Crippen LogP contribution in [0.4, 0.5) is 0 Å². The van der Waals surface area contributed by atoms with Gasteiger partial charge in [-0.25, -0.2) is 19.2 Å². The van der Waals surface area contributed by atoms with Crippen molar-refractivity contribution in [3.05, 3.63) is 59.7 Å². The lowest BCUT2D eigenvalue weighted by atomic mass is 9.79. The van der Waals surface area contributed by atoms with E-state index in [2.05, 4.69) is 0 Å². The second-order valence-electron chi connectivity index (χ2n) is 14.6. The van der Waals surface area contributed by atoms with Gasteiger partial charge >= 0.3 is 23.9 Å². The summed E-state index contributed by atoms with van der Waals surface area (Å²) in [5.41, 5.74) is -4.59. The summed E-state index contributed by atoms with van der Waals surface area (Å²) < 4.78 is 26.3. The van der Waals surface area contributed by atoms with Gasteiger partial charge in [-0.1, -0.05) is 12.1 Å². The highest BCUT2D eigenvalue weighted by Gasteiger charge is 2.53. The molecule has 1 heterocycles. The van der Waals surface area contributed by atoms with Crippen LogP contribution < -0.4 is 4.74 Å². The van der Waals surface area contributed by atoms with Crippen LogP contribution in [-0.2, 0) is 38.1 Å². The highest BCUT2D eigenvalue weighted by Crippen LogP contribution is 2.35. The largest absolute Gasteiger partial charge is 0.504 e. The van der Waals surface area contributed by atoms with E-state index in [0.29, 0.717) is 0 Å². The quantitative estimate of drug-likeness (QED) is 0.0429. The minimum atomic E-state index is -2.56. The maximum atomic E-state index is 13.1. The number of esters is 3. The molecular weight excluding hydrogens is 808 g/mol. The summed E-state index contributed by atoms with van der Waals surface area (Å²) in [6.45, 7) is -0.893. The Hall–Kier alpha value is -5.40. The SMILES string of the molecule is O=C(C=Cc1ccc(OC2OC(COC(=O)C3(O)CC(O)C(O)C(OC(=O)C=Cc4ccc(O)c(O)c4)C3)C(O)C(O)C2O)c(O)c1)OC1CC(O)(C(=O)O)CC(O)C1O. The van der Waals surface area contributed by atoms with E-state index in [1.165, 1.54) is 18.2 Å². The van der Waals surface area contributed by atoms with E-state index in [1.807, 2.05) is 0 Å². The average Bonchev–Trinajstić information content (AvgIpc) is 3.18. The van der Waals surface area contributed by atoms with Gasteiger partial charge in [0.05, 0.1) is 12.2 Å². The van der Waals surface area contributed by atoms with Gasteiger partial charge in [0, 0.05) is 37.8 Å². The Balaban J connectivity index is 1.17. The van der Waals surface area contributed by atoms with Crippen LogP contribution in [-0.4, -0.2) is 175 Å². The first-order chi connectivity index (χ1) is 28.1. The van der Waals surface area contributed by atoms with Gasteiger partial charge in [-0.3, -0.25) is 0 Å². The molecule has 5 rings (SSSR count). The highest BCUT2D eigenvalue weighted by atomic mass is 16.7. The van der Waals surface area contributed by atoms with Gasteiger partial charge < -0.3 is 90.1 Å². The molecule has 22 nitrogen and oxygen atoms in total. The number of ether oxygens (including phenoxy) is 5. The Morgan fingerprint density at radius 2 is 1.17 bits per heavy atom. The molecule has 3 fully saturated rings. The molecular formula is C38H44O22. The molecule has 13 atom stereocenters. The summed E-state index contributed by atoms with van der Waals surface area (Å²) >= 11 is 0. The van der Waals surface area contributed by atoms with Gasteiger partial charge in [0.15, 0.2) is 34.2 Å². The van der Waals surface area contributed by atoms with Crippen molar-refractivity contribution in [3.63, 3.8) is 0 Å². The van der Waals surface area contributed by atoms with E-state index in [-0.39, 0.29) is 16.9 Å². The third-order valence-corrected chi connectivity index (χ3v) is 10.1. The minimum absolute atomic E-state index is 0.149. The maximum absolute atomic E-state index is 13.1. The molecule has 13 unspecified atom stereocenters. The number of carboxylic acids is 1. The third-order valence-electron chi connectivity index (χ3n) is 10.1. The lowest BCUT2D eigenvalue weighted by molar-refractivity contribution is -0.280. The molecule has 22 heteroatoms. The molecule has 1 saturated heterocycles. The van der Waals surface area contributed by atoms with E-state index in [4.69, 9.17) is 23.7 Å². The first-order valence-electron chi connectivity index (χ1n) is 18.2. The number of hydrogen-bond donors (Lipinski definition) is 13. The standard InChI is InChI=1S/C38H44O22/c39-18-5-1-16(9-19(18)40)3-7-28(45)58-25-14-38(55,12-22(43)30(25)47)36(53)56-15-26-31(48)32(49)33(50)34(60-26)59-23-6-2-17(10-20(23)41)4-8-27(44)57-24-13-37(54,35(51)52)11-21(42)29(24)46/h1-10,21-22,24-26,29-34,39-43,46-50,54-55H,11-15H2,(H,51,52). The summed E-state index contributed by atoms with van der Waals surface area (Å²) in [6.07, 6.45) is -18.3. The number of aromatic hydroxyl groups is 3. The van der Waals surface area contributed by atoms with Crippen LogP contribution in [0.2, 0.25) is 0 Å². The van der Waals surface area contributed by atoms with Gasteiger partial charge in [0.1, 0.15) is 55.4 Å². The Morgan fingerprint density at radius 1 is 0.650 bits per heavy atom. The topological polar surface area (TPSA) is 377 Å². The summed E-state index contributed by atoms with van der Waals surface area (Å²) in [5, 5.41) is 133. The Bertz CT molecular complexity index is 1970. The van der Waals surface area contributed by atoms with Crippen molar-refractivity contribution in [3.8, 4) is 23.0 Å². The zero-order valence-electron chi connectivity index (χ0n) is 31.1. The van der Waals surface area contributed by atoms with Crippen molar-refractivity contribution in [1.29, 1.82) is 0 Å². The summed E-state index contributed by atoms with van der Waals surface area (Å²) in [6, 6.07) is 7.16. The summed E-state index contributed by atoms with van der Waals surface area (Å²) in [4.78, 5) is 49.4. The molecule has 3 aliphatic rings. The van der Waals surface area contributed by atoms with Gasteiger partial charge in [-0.05, 0) is 47.5 Å². The van der Waals surface area contributed by atoms with Gasteiger partial charge in [-0.2, -0.15) is 0 Å². The molecule has 2 aromatic carbocycles. The summed E-state index contributed by atoms with van der Waals surface area (Å²) in [7, 11) is 0. The molecule has 0 radical (unpaired) electrons. The van der Waals surface area contributed by atoms with E-state index >= 15 is 0 Å². The number of phenols is 3. The van der Waals surface area contributed by atoms with Crippen LogP contribution in [0.1, 0.15) is 36.8 Å². The zero-order chi connectivity index (χ0) is 44.3. The van der Waals surface area contributed by atoms with Crippen molar-refractivity contribution in [1.82, 2.24) is 0 Å². The number of aliphatic hydroxyl groups excluding tert-OH is 7. The number of carboxylic acid groups (broad SMARTS) is 1. The predicted octanol–water partition coefficient (Wildman–Crippen LogP) is -3.34. The second-order valence-corrected chi connectivity index (χ2v) is 14.6. The maximum Gasteiger partial charge on any atom is 0.338 e. The van der Waals surface area contributed by atoms with Gasteiger partial charge in [0.25, 0.3) is 0 Å². The van der Waals surface area contributed by atoms with Crippen molar-refractivity contribution in [2.24, 2.45) is 0 Å². The molecule has 0 bridgehead atoms. The molecule has 1 aliphatic heterocycles. The van der Waals surface area contributed by atoms with E-state index in [9.17, 15) is 85.6 Å². The van der Waals surface area contributed by atoms with Gasteiger partial charge in [-0.15, -0.1) is 0 Å². The fourth-order valence-electron chi connectivity index (χ4n) is 6.72. The van der Waals surface area contributed by atoms with Crippen molar-refractivity contribution >= 4 is 36.0 Å². The number of hydrogen-bond acceptors (Lipinski definition) is 21. The number of carbonyl (C=O) groups is 4. The van der Waals surface area contributed by atoms with Crippen molar-refractivity contribution in [2.45, 2.75) is 104 Å². The fraction of sp³-hybridized carbons (Fsp3) is 0.474. The number of aliphatic carboxylic acids is 1. The molecule has 2 aromatic rings. The number of carbonyl (C=O) groups excluding carboxylic acids is 3. The second kappa shape index (κ2) is 18.5. The number of aliphatic hydroxyl groups is 9. The first-order valence-corrected chi connectivity index (χ1v) is 18.2. The van der Waals surface area contributed by atoms with E-state index in [0.717, 1.165) is 42.5 Å². The van der Waals surface area contributed by atoms with Crippen LogP contribution >= 0.6 is 0 Å². The molecule has 0 spiro atoms. The van der Waals surface area contributed by atoms with Crippen LogP contribution in [0.3, 0.4) is 0 Å². The highest BCUT2D eigenvalue weighted by molar-refractivity contribution is 5.88. The van der Waals surface area contributed by atoms with Crippen LogP contribution in [0, 0.1) is 0 Å². The lowest BCUT2D eigenvalue weighted by Gasteiger charge is -2.41. The van der Waals surface area contributed by atoms with Crippen LogP contribution in [0.15, 0.2) is 48.6 Å². The van der Waals surface area contributed by atoms with E-state index < -0.39 is 152 Å². The average molecular weight is 853 g/mol. The molecule has 0 amide bonds. The lowest BCUT2D eigenvalue weighted by Crippen LogP contribution is -2.61. The first kappa shape index (κ1) is 45.7. The Morgan fingerprint density at radius 3 is 1.70 bits per heavy atom. The van der Waals surface area contributed by atoms with E-state index in [1.54, 1.807) is 0 Å². The molecule has 2 saturated carbocycles. The normalized spacial score (nSPS) is 34.5. The molecule has 2 aliphatic carbocycles. The monoisotopic (exact) mass is 852 g/mol. The fourth-order valence-corrected chi connectivity index (χ4v) is 6.72. The molecule has 328 valence electrons. The Labute approximate surface area is 338 Å². The minimum Gasteiger partial charge on any atom is -0.504 e. The van der Waals surface area contributed by atoms with Crippen LogP contribution in [0.5, 0.6) is 23.0 Å². The number of benzene rings is 2. The van der Waals surface area contributed by atoms with Gasteiger partial charge in [0.2, 0.25) is 6.29 Å². The summed E-state index contributed by atoms with van der Waals surface area (Å²) in [5.74, 6) is -7.12. The Kier molecular flexibility index (Phi) is 14.1.